The first-order chi connectivity index (χ1) is 8.51. The van der Waals surface area contributed by atoms with Gasteiger partial charge in [0.25, 0.3) is 0 Å². The van der Waals surface area contributed by atoms with Crippen LogP contribution in [0.15, 0.2) is 18.2 Å². The van der Waals surface area contributed by atoms with Gasteiger partial charge in [0.15, 0.2) is 0 Å². The van der Waals surface area contributed by atoms with Crippen LogP contribution in [0.1, 0.15) is 11.1 Å². The summed E-state index contributed by atoms with van der Waals surface area (Å²) in [6, 6.07) is 4.65. The number of ether oxygens (including phenoxy) is 2. The van der Waals surface area contributed by atoms with Gasteiger partial charge in [-0.2, -0.15) is 0 Å². The molecule has 2 rings (SSSR count). The van der Waals surface area contributed by atoms with E-state index in [0.717, 1.165) is 16.9 Å². The van der Waals surface area contributed by atoms with Crippen molar-refractivity contribution >= 4 is 5.97 Å². The zero-order valence-electron chi connectivity index (χ0n) is 10.5. The number of carbonyl (C=O) groups is 1. The molecule has 98 valence electrons. The van der Waals surface area contributed by atoms with E-state index in [2.05, 4.69) is 0 Å². The van der Waals surface area contributed by atoms with Crippen LogP contribution in [-0.2, 0) is 14.9 Å². The highest BCUT2D eigenvalue weighted by molar-refractivity contribution is 5.76. The van der Waals surface area contributed by atoms with Crippen LogP contribution >= 0.6 is 0 Å². The van der Waals surface area contributed by atoms with E-state index in [1.165, 1.54) is 0 Å². The first-order valence-electron chi connectivity index (χ1n) is 5.72. The standard InChI is InChI=1S/C13H17NO4/c1-8-5-9(3-4-10(8)17-2)13(6-18-7-13)11(14)12(15)16/h3-5,11H,6-7,14H2,1-2H3,(H,15,16). The van der Waals surface area contributed by atoms with Gasteiger partial charge in [0.2, 0.25) is 0 Å². The highest BCUT2D eigenvalue weighted by Gasteiger charge is 2.49. The van der Waals surface area contributed by atoms with Crippen molar-refractivity contribution in [2.45, 2.75) is 18.4 Å². The summed E-state index contributed by atoms with van der Waals surface area (Å²) >= 11 is 0. The Morgan fingerprint density at radius 1 is 1.56 bits per heavy atom. The second-order valence-electron chi connectivity index (χ2n) is 4.65. The van der Waals surface area contributed by atoms with Crippen LogP contribution in [0.4, 0.5) is 0 Å². The lowest BCUT2D eigenvalue weighted by molar-refractivity contribution is -0.148. The summed E-state index contributed by atoms with van der Waals surface area (Å²) in [5.41, 5.74) is 7.02. The second-order valence-corrected chi connectivity index (χ2v) is 4.65. The normalized spacial score (nSPS) is 18.8. The monoisotopic (exact) mass is 251 g/mol. The Morgan fingerprint density at radius 3 is 2.61 bits per heavy atom. The molecule has 1 saturated heterocycles. The van der Waals surface area contributed by atoms with Gasteiger partial charge in [0.1, 0.15) is 11.8 Å². The van der Waals surface area contributed by atoms with E-state index in [0.29, 0.717) is 13.2 Å². The molecule has 1 unspecified atom stereocenters. The van der Waals surface area contributed by atoms with Gasteiger partial charge in [-0.05, 0) is 24.1 Å². The van der Waals surface area contributed by atoms with Crippen LogP contribution in [0, 0.1) is 6.92 Å². The highest BCUT2D eigenvalue weighted by Crippen LogP contribution is 2.37. The zero-order valence-corrected chi connectivity index (χ0v) is 10.5. The molecule has 0 aromatic heterocycles. The summed E-state index contributed by atoms with van der Waals surface area (Å²) < 4.78 is 10.4. The number of aliphatic carboxylic acids is 1. The minimum absolute atomic E-state index is 0.340. The quantitative estimate of drug-likeness (QED) is 0.822. The summed E-state index contributed by atoms with van der Waals surface area (Å²) in [6.07, 6.45) is 0. The van der Waals surface area contributed by atoms with E-state index in [-0.39, 0.29) is 0 Å². The summed E-state index contributed by atoms with van der Waals surface area (Å²) in [4.78, 5) is 11.1. The van der Waals surface area contributed by atoms with Crippen molar-refractivity contribution in [1.82, 2.24) is 0 Å². The summed E-state index contributed by atoms with van der Waals surface area (Å²) in [5, 5.41) is 9.11. The third-order valence-electron chi connectivity index (χ3n) is 3.55. The highest BCUT2D eigenvalue weighted by atomic mass is 16.5. The predicted molar refractivity (Wildman–Crippen MR) is 65.8 cm³/mol. The molecule has 5 heteroatoms. The van der Waals surface area contributed by atoms with Crippen molar-refractivity contribution in [3.8, 4) is 5.75 Å². The Bertz CT molecular complexity index is 468. The molecule has 1 aromatic carbocycles. The van der Waals surface area contributed by atoms with E-state index >= 15 is 0 Å². The zero-order chi connectivity index (χ0) is 13.3. The lowest BCUT2D eigenvalue weighted by Crippen LogP contribution is -2.61. The van der Waals surface area contributed by atoms with Crippen LogP contribution in [0.25, 0.3) is 0 Å². The van der Waals surface area contributed by atoms with Gasteiger partial charge >= 0.3 is 5.97 Å². The van der Waals surface area contributed by atoms with Gasteiger partial charge in [-0.1, -0.05) is 12.1 Å². The lowest BCUT2D eigenvalue weighted by atomic mass is 9.72. The lowest BCUT2D eigenvalue weighted by Gasteiger charge is -2.44. The molecule has 3 N–H and O–H groups in total. The van der Waals surface area contributed by atoms with Crippen molar-refractivity contribution in [3.63, 3.8) is 0 Å². The van der Waals surface area contributed by atoms with Gasteiger partial charge in [0, 0.05) is 0 Å². The Morgan fingerprint density at radius 2 is 2.22 bits per heavy atom. The van der Waals surface area contributed by atoms with E-state index < -0.39 is 17.4 Å². The van der Waals surface area contributed by atoms with E-state index in [4.69, 9.17) is 20.3 Å². The maximum absolute atomic E-state index is 11.1. The molecule has 5 nitrogen and oxygen atoms in total. The molecule has 1 aliphatic heterocycles. The molecule has 18 heavy (non-hydrogen) atoms. The van der Waals surface area contributed by atoms with E-state index in [1.807, 2.05) is 25.1 Å². The summed E-state index contributed by atoms with van der Waals surface area (Å²) in [7, 11) is 1.60. The van der Waals surface area contributed by atoms with Crippen LogP contribution < -0.4 is 10.5 Å². The number of rotatable bonds is 4. The molecule has 0 bridgehead atoms. The molecule has 0 radical (unpaired) electrons. The predicted octanol–water partition coefficient (Wildman–Crippen LogP) is 0.684. The molecule has 1 atom stereocenters. The van der Waals surface area contributed by atoms with Gasteiger partial charge in [-0.3, -0.25) is 4.79 Å². The average Bonchev–Trinajstić information content (AvgIpc) is 2.27. The Balaban J connectivity index is 2.39. The Hall–Kier alpha value is -1.59. The molecule has 1 fully saturated rings. The number of carboxylic acids is 1. The minimum Gasteiger partial charge on any atom is -0.496 e. The van der Waals surface area contributed by atoms with Gasteiger partial charge in [0.05, 0.1) is 25.7 Å². The number of hydrogen-bond acceptors (Lipinski definition) is 4. The average molecular weight is 251 g/mol. The molecule has 1 aliphatic rings. The third-order valence-corrected chi connectivity index (χ3v) is 3.55. The van der Waals surface area contributed by atoms with Gasteiger partial charge in [-0.25, -0.2) is 0 Å². The molecular weight excluding hydrogens is 234 g/mol. The fourth-order valence-electron chi connectivity index (χ4n) is 2.27. The minimum atomic E-state index is -1.01. The van der Waals surface area contributed by atoms with Crippen LogP contribution in [0.3, 0.4) is 0 Å². The molecule has 0 spiro atoms. The Labute approximate surface area is 106 Å². The van der Waals surface area contributed by atoms with Gasteiger partial charge in [-0.15, -0.1) is 0 Å². The Kier molecular flexibility index (Phi) is 3.28. The summed E-state index contributed by atoms with van der Waals surface area (Å²) in [6.45, 7) is 2.60. The number of carboxylic acid groups (broad SMARTS) is 1. The smallest absolute Gasteiger partial charge is 0.321 e. The van der Waals surface area contributed by atoms with E-state index in [9.17, 15) is 4.79 Å². The maximum atomic E-state index is 11.1. The molecular formula is C13H17NO4. The summed E-state index contributed by atoms with van der Waals surface area (Å²) in [5.74, 6) is -0.232. The SMILES string of the molecule is COc1ccc(C2(C(N)C(=O)O)COC2)cc1C. The van der Waals surface area contributed by atoms with Crippen molar-refractivity contribution in [2.75, 3.05) is 20.3 Å². The number of methoxy groups -OCH3 is 1. The van der Waals surface area contributed by atoms with Crippen molar-refractivity contribution in [2.24, 2.45) is 5.73 Å². The first-order valence-corrected chi connectivity index (χ1v) is 5.72. The molecule has 1 aromatic rings. The largest absolute Gasteiger partial charge is 0.496 e. The molecule has 0 amide bonds. The van der Waals surface area contributed by atoms with Crippen LogP contribution in [-0.4, -0.2) is 37.4 Å². The number of hydrogen-bond donors (Lipinski definition) is 2. The van der Waals surface area contributed by atoms with Crippen molar-refractivity contribution in [3.05, 3.63) is 29.3 Å². The maximum Gasteiger partial charge on any atom is 0.321 e. The van der Waals surface area contributed by atoms with Crippen LogP contribution in [0.5, 0.6) is 5.75 Å². The number of aryl methyl sites for hydroxylation is 1. The third kappa shape index (κ3) is 1.85. The van der Waals surface area contributed by atoms with Crippen molar-refractivity contribution < 1.29 is 19.4 Å². The topological polar surface area (TPSA) is 81.8 Å². The molecule has 0 aliphatic carbocycles. The van der Waals surface area contributed by atoms with Crippen molar-refractivity contribution in [1.29, 1.82) is 0 Å². The number of nitrogens with two attached hydrogens (primary N) is 1. The van der Waals surface area contributed by atoms with Crippen LogP contribution in [0.2, 0.25) is 0 Å². The fourth-order valence-corrected chi connectivity index (χ4v) is 2.27. The second kappa shape index (κ2) is 4.59. The number of benzene rings is 1. The van der Waals surface area contributed by atoms with Gasteiger partial charge < -0.3 is 20.3 Å². The van der Waals surface area contributed by atoms with E-state index in [1.54, 1.807) is 7.11 Å². The molecule has 1 heterocycles. The molecule has 0 saturated carbocycles. The fraction of sp³-hybridized carbons (Fsp3) is 0.462. The first kappa shape index (κ1) is 12.9.